The number of aliphatic hydroxyl groups is 1. The van der Waals surface area contributed by atoms with E-state index in [1.54, 1.807) is 0 Å². The number of primary sulfonamides is 1. The fraction of sp³-hybridized carbons (Fsp3) is 0.167. The maximum absolute atomic E-state index is 14.7. The Labute approximate surface area is 171 Å². The summed E-state index contributed by atoms with van der Waals surface area (Å²) in [5, 5.41) is 18.1. The molecule has 31 heavy (non-hydrogen) atoms. The van der Waals surface area contributed by atoms with E-state index >= 15 is 0 Å². The number of halogens is 5. The molecular weight excluding hydrogens is 451 g/mol. The Hall–Kier alpha value is -3.03. The topological polar surface area (TPSA) is 116 Å². The van der Waals surface area contributed by atoms with Crippen molar-refractivity contribution in [2.75, 3.05) is 0 Å². The third-order valence-electron chi connectivity index (χ3n) is 4.19. The SMILES string of the molecule is Cc1cc(OC(F)(F)F)ccc1-c1noc(CO)c1-c1cc(F)c(S(N)(=O)=O)cc1F. The zero-order chi connectivity index (χ0) is 23.1. The number of sulfonamides is 1. The Morgan fingerprint density at radius 1 is 1.13 bits per heavy atom. The summed E-state index contributed by atoms with van der Waals surface area (Å²) in [5.74, 6) is -3.37. The van der Waals surface area contributed by atoms with Gasteiger partial charge in [0.1, 0.15) is 34.6 Å². The monoisotopic (exact) mass is 464 g/mol. The molecule has 1 aromatic heterocycles. The first kappa shape index (κ1) is 22.7. The molecule has 0 aliphatic rings. The standard InChI is InChI=1S/C18H13F5N2O5S/c1-8-4-9(29-18(21,22)23)2-3-10(8)17-16(14(7-26)30-25-17)11-5-13(20)15(6-12(11)19)31(24,27)28/h2-6,26H,7H2,1H3,(H2,24,27,28). The fourth-order valence-corrected chi connectivity index (χ4v) is 3.53. The lowest BCUT2D eigenvalue weighted by atomic mass is 9.96. The minimum atomic E-state index is -4.91. The Balaban J connectivity index is 2.18. The molecular formula is C18H13F5N2O5S. The zero-order valence-corrected chi connectivity index (χ0v) is 16.3. The second-order valence-corrected chi connectivity index (χ2v) is 7.85. The van der Waals surface area contributed by atoms with Gasteiger partial charge in [0.15, 0.2) is 5.76 Å². The average Bonchev–Trinajstić information content (AvgIpc) is 3.04. The molecule has 0 saturated carbocycles. The van der Waals surface area contributed by atoms with Crippen LogP contribution in [0.25, 0.3) is 22.4 Å². The maximum Gasteiger partial charge on any atom is 0.573 e. The van der Waals surface area contributed by atoms with E-state index in [1.165, 1.54) is 13.0 Å². The summed E-state index contributed by atoms with van der Waals surface area (Å²) >= 11 is 0. The number of ether oxygens (including phenoxy) is 1. The summed E-state index contributed by atoms with van der Waals surface area (Å²) in [4.78, 5) is -1.08. The Morgan fingerprint density at radius 2 is 1.81 bits per heavy atom. The summed E-state index contributed by atoms with van der Waals surface area (Å²) in [5.41, 5.74) is -0.458. The van der Waals surface area contributed by atoms with Gasteiger partial charge in [0.25, 0.3) is 0 Å². The molecule has 13 heteroatoms. The molecule has 0 atom stereocenters. The highest BCUT2D eigenvalue weighted by Crippen LogP contribution is 2.39. The van der Waals surface area contributed by atoms with E-state index < -0.39 is 50.8 Å². The van der Waals surface area contributed by atoms with Crippen molar-refractivity contribution in [1.82, 2.24) is 5.16 Å². The number of alkyl halides is 3. The van der Waals surface area contributed by atoms with Gasteiger partial charge in [-0.25, -0.2) is 22.3 Å². The molecule has 0 aliphatic carbocycles. The summed E-state index contributed by atoms with van der Waals surface area (Å²) in [6, 6.07) is 4.12. The van der Waals surface area contributed by atoms with Gasteiger partial charge in [-0.1, -0.05) is 5.16 Å². The third kappa shape index (κ3) is 4.68. The second kappa shape index (κ2) is 7.90. The number of nitrogens with two attached hydrogens (primary N) is 1. The minimum absolute atomic E-state index is 0.123. The molecule has 3 rings (SSSR count). The number of hydrogen-bond acceptors (Lipinski definition) is 6. The third-order valence-corrected chi connectivity index (χ3v) is 5.12. The first-order chi connectivity index (χ1) is 14.3. The second-order valence-electron chi connectivity index (χ2n) is 6.32. The molecule has 0 saturated heterocycles. The van der Waals surface area contributed by atoms with Gasteiger partial charge in [-0.2, -0.15) is 0 Å². The summed E-state index contributed by atoms with van der Waals surface area (Å²) in [6.07, 6.45) is -4.91. The highest BCUT2D eigenvalue weighted by atomic mass is 32.2. The summed E-state index contributed by atoms with van der Waals surface area (Å²) in [6.45, 7) is 0.630. The Morgan fingerprint density at radius 3 is 2.35 bits per heavy atom. The predicted molar refractivity (Wildman–Crippen MR) is 96.0 cm³/mol. The van der Waals surface area contributed by atoms with Crippen molar-refractivity contribution >= 4 is 10.0 Å². The van der Waals surface area contributed by atoms with Crippen LogP contribution in [0.3, 0.4) is 0 Å². The quantitative estimate of drug-likeness (QED) is 0.557. The van der Waals surface area contributed by atoms with E-state index in [-0.39, 0.29) is 28.1 Å². The Bertz CT molecular complexity index is 1250. The Kier molecular flexibility index (Phi) is 5.78. The summed E-state index contributed by atoms with van der Waals surface area (Å²) < 4.78 is 97.9. The molecule has 1 heterocycles. The van der Waals surface area contributed by atoms with Crippen molar-refractivity contribution in [3.05, 3.63) is 53.3 Å². The van der Waals surface area contributed by atoms with E-state index in [9.17, 15) is 35.5 Å². The molecule has 0 radical (unpaired) electrons. The maximum atomic E-state index is 14.7. The van der Waals surface area contributed by atoms with Crippen molar-refractivity contribution in [3.63, 3.8) is 0 Å². The van der Waals surface area contributed by atoms with Crippen molar-refractivity contribution in [3.8, 4) is 28.1 Å². The van der Waals surface area contributed by atoms with E-state index in [0.29, 0.717) is 12.1 Å². The van der Waals surface area contributed by atoms with Crippen LogP contribution in [0.15, 0.2) is 39.8 Å². The molecule has 0 bridgehead atoms. The predicted octanol–water partition coefficient (Wildman–Crippen LogP) is 3.63. The average molecular weight is 464 g/mol. The van der Waals surface area contributed by atoms with Crippen LogP contribution in [0.5, 0.6) is 5.75 Å². The largest absolute Gasteiger partial charge is 0.573 e. The zero-order valence-electron chi connectivity index (χ0n) is 15.5. The van der Waals surface area contributed by atoms with Crippen LogP contribution in [0.2, 0.25) is 0 Å². The molecule has 0 amide bonds. The molecule has 0 fully saturated rings. The van der Waals surface area contributed by atoms with Gasteiger partial charge in [-0.3, -0.25) is 0 Å². The molecule has 166 valence electrons. The highest BCUT2D eigenvalue weighted by Gasteiger charge is 2.31. The van der Waals surface area contributed by atoms with Crippen LogP contribution in [0, 0.1) is 18.6 Å². The molecule has 3 N–H and O–H groups in total. The number of aryl methyl sites for hydroxylation is 1. The molecule has 0 aliphatic heterocycles. The van der Waals surface area contributed by atoms with Crippen molar-refractivity contribution in [1.29, 1.82) is 0 Å². The van der Waals surface area contributed by atoms with Gasteiger partial charge in [-0.15, -0.1) is 13.2 Å². The van der Waals surface area contributed by atoms with Crippen LogP contribution < -0.4 is 9.88 Å². The van der Waals surface area contributed by atoms with Crippen LogP contribution >= 0.6 is 0 Å². The van der Waals surface area contributed by atoms with Gasteiger partial charge in [0.2, 0.25) is 10.0 Å². The van der Waals surface area contributed by atoms with Gasteiger partial charge >= 0.3 is 6.36 Å². The number of rotatable bonds is 5. The van der Waals surface area contributed by atoms with E-state index in [4.69, 9.17) is 9.66 Å². The fourth-order valence-electron chi connectivity index (χ4n) is 2.93. The van der Waals surface area contributed by atoms with Crippen LogP contribution in [-0.4, -0.2) is 25.0 Å². The first-order valence-corrected chi connectivity index (χ1v) is 9.85. The lowest BCUT2D eigenvalue weighted by Gasteiger charge is -2.12. The first-order valence-electron chi connectivity index (χ1n) is 8.30. The van der Waals surface area contributed by atoms with Gasteiger partial charge in [0.05, 0.1) is 5.56 Å². The van der Waals surface area contributed by atoms with Gasteiger partial charge in [0, 0.05) is 11.1 Å². The molecule has 3 aromatic rings. The van der Waals surface area contributed by atoms with Crippen LogP contribution in [0.4, 0.5) is 22.0 Å². The minimum Gasteiger partial charge on any atom is -0.406 e. The number of nitrogens with zero attached hydrogens (tertiary/aromatic N) is 1. The number of aromatic nitrogens is 1. The van der Waals surface area contributed by atoms with Gasteiger partial charge in [-0.05, 0) is 42.8 Å². The molecule has 0 spiro atoms. The van der Waals surface area contributed by atoms with Crippen molar-refractivity contribution in [2.45, 2.75) is 24.8 Å². The molecule has 0 unspecified atom stereocenters. The highest BCUT2D eigenvalue weighted by molar-refractivity contribution is 7.89. The van der Waals surface area contributed by atoms with E-state index in [2.05, 4.69) is 9.89 Å². The number of aliphatic hydroxyl groups excluding tert-OH is 1. The van der Waals surface area contributed by atoms with Crippen LogP contribution in [0.1, 0.15) is 11.3 Å². The summed E-state index contributed by atoms with van der Waals surface area (Å²) in [7, 11) is -4.56. The van der Waals surface area contributed by atoms with E-state index in [0.717, 1.165) is 12.1 Å². The van der Waals surface area contributed by atoms with Crippen LogP contribution in [-0.2, 0) is 16.6 Å². The normalized spacial score (nSPS) is 12.3. The number of benzene rings is 2. The van der Waals surface area contributed by atoms with Crippen molar-refractivity contribution < 1.29 is 44.7 Å². The van der Waals surface area contributed by atoms with Gasteiger partial charge < -0.3 is 14.4 Å². The molecule has 2 aromatic carbocycles. The lowest BCUT2D eigenvalue weighted by molar-refractivity contribution is -0.274. The molecule has 7 nitrogen and oxygen atoms in total. The van der Waals surface area contributed by atoms with E-state index in [1.807, 2.05) is 0 Å². The smallest absolute Gasteiger partial charge is 0.406 e. The lowest BCUT2D eigenvalue weighted by Crippen LogP contribution is -2.17. The number of hydrogen-bond donors (Lipinski definition) is 2. The van der Waals surface area contributed by atoms with Crippen molar-refractivity contribution in [2.24, 2.45) is 5.14 Å².